The molecule has 106 valence electrons. The maximum Gasteiger partial charge on any atom is 0.225 e. The van der Waals surface area contributed by atoms with E-state index in [0.717, 1.165) is 32.2 Å². The Morgan fingerprint density at radius 2 is 1.84 bits per heavy atom. The Morgan fingerprint density at radius 3 is 2.47 bits per heavy atom. The van der Waals surface area contributed by atoms with Crippen LogP contribution in [0, 0.1) is 11.8 Å². The Kier molecular flexibility index (Phi) is 3.48. The predicted octanol–water partition coefficient (Wildman–Crippen LogP) is 0.274. The summed E-state index contributed by atoms with van der Waals surface area (Å²) in [7, 11) is 0. The van der Waals surface area contributed by atoms with Gasteiger partial charge in [0.1, 0.15) is 0 Å². The molecule has 1 aliphatic heterocycles. The van der Waals surface area contributed by atoms with Crippen LogP contribution in [0.25, 0.3) is 0 Å². The van der Waals surface area contributed by atoms with E-state index in [1.807, 2.05) is 4.90 Å². The van der Waals surface area contributed by atoms with Gasteiger partial charge in [-0.15, -0.1) is 0 Å². The molecule has 19 heavy (non-hydrogen) atoms. The monoisotopic (exact) mass is 266 g/mol. The molecule has 1 unspecified atom stereocenters. The van der Waals surface area contributed by atoms with E-state index < -0.39 is 0 Å². The number of carbonyl (C=O) groups excluding carboxylic acids is 2. The minimum Gasteiger partial charge on any atom is -0.393 e. The van der Waals surface area contributed by atoms with Crippen molar-refractivity contribution in [1.82, 2.24) is 10.2 Å². The van der Waals surface area contributed by atoms with E-state index in [-0.39, 0.29) is 35.8 Å². The number of hydrogen-bond donors (Lipinski definition) is 2. The number of aliphatic hydroxyl groups excluding tert-OH is 1. The van der Waals surface area contributed by atoms with Gasteiger partial charge < -0.3 is 15.3 Å². The summed E-state index contributed by atoms with van der Waals surface area (Å²) in [5.74, 6) is 0.486. The van der Waals surface area contributed by atoms with Crippen LogP contribution in [0.5, 0.6) is 0 Å². The van der Waals surface area contributed by atoms with Crippen LogP contribution in [-0.4, -0.2) is 47.1 Å². The number of piperidine rings is 1. The Bertz CT molecular complexity index is 375. The van der Waals surface area contributed by atoms with Crippen molar-refractivity contribution in [3.05, 3.63) is 0 Å². The molecule has 0 aromatic carbocycles. The average molecular weight is 266 g/mol. The van der Waals surface area contributed by atoms with Crippen LogP contribution in [0.3, 0.4) is 0 Å². The van der Waals surface area contributed by atoms with Crippen molar-refractivity contribution in [3.63, 3.8) is 0 Å². The highest BCUT2D eigenvalue weighted by molar-refractivity contribution is 5.83. The maximum atomic E-state index is 12.1. The van der Waals surface area contributed by atoms with Gasteiger partial charge in [0.25, 0.3) is 0 Å². The molecule has 0 bridgehead atoms. The van der Waals surface area contributed by atoms with E-state index in [1.54, 1.807) is 0 Å². The molecule has 2 amide bonds. The second-order valence-corrected chi connectivity index (χ2v) is 6.23. The molecule has 2 aliphatic carbocycles. The minimum absolute atomic E-state index is 0.0604. The van der Waals surface area contributed by atoms with Gasteiger partial charge in [0.2, 0.25) is 11.8 Å². The molecule has 3 rings (SSSR count). The molecular formula is C14H22N2O3. The van der Waals surface area contributed by atoms with Gasteiger partial charge in [-0.3, -0.25) is 9.59 Å². The van der Waals surface area contributed by atoms with E-state index in [4.69, 9.17) is 0 Å². The molecule has 1 heterocycles. The van der Waals surface area contributed by atoms with Crippen molar-refractivity contribution < 1.29 is 14.7 Å². The van der Waals surface area contributed by atoms with Crippen LogP contribution in [0.4, 0.5) is 0 Å². The third-order valence-electron chi connectivity index (χ3n) is 4.49. The van der Waals surface area contributed by atoms with Crippen LogP contribution in [0.2, 0.25) is 0 Å². The van der Waals surface area contributed by atoms with E-state index in [1.165, 1.54) is 0 Å². The molecule has 5 nitrogen and oxygen atoms in total. The number of amides is 2. The second kappa shape index (κ2) is 5.12. The summed E-state index contributed by atoms with van der Waals surface area (Å²) >= 11 is 0. The molecule has 3 fully saturated rings. The Labute approximate surface area is 113 Å². The molecule has 0 spiro atoms. The van der Waals surface area contributed by atoms with Gasteiger partial charge in [0.15, 0.2) is 0 Å². The van der Waals surface area contributed by atoms with E-state index in [9.17, 15) is 14.7 Å². The van der Waals surface area contributed by atoms with Crippen molar-refractivity contribution >= 4 is 11.8 Å². The number of aliphatic hydroxyl groups is 1. The number of nitrogens with one attached hydrogen (secondary N) is 1. The lowest BCUT2D eigenvalue weighted by Crippen LogP contribution is -2.52. The van der Waals surface area contributed by atoms with Gasteiger partial charge >= 0.3 is 0 Å². The zero-order chi connectivity index (χ0) is 13.4. The molecule has 5 heteroatoms. The SMILES string of the molecule is O=C(NC1CC(O)C1)C1CCCN(C(=O)C2CC2)C1. The van der Waals surface area contributed by atoms with E-state index in [0.29, 0.717) is 19.4 Å². The molecule has 0 aromatic rings. The topological polar surface area (TPSA) is 69.6 Å². The zero-order valence-corrected chi connectivity index (χ0v) is 11.2. The first-order valence-electron chi connectivity index (χ1n) is 7.40. The normalized spacial score (nSPS) is 34.6. The summed E-state index contributed by atoms with van der Waals surface area (Å²) in [6, 6.07) is 0.136. The van der Waals surface area contributed by atoms with E-state index >= 15 is 0 Å². The number of hydrogen-bond acceptors (Lipinski definition) is 3. The van der Waals surface area contributed by atoms with Crippen molar-refractivity contribution in [3.8, 4) is 0 Å². The Hall–Kier alpha value is -1.10. The number of rotatable bonds is 3. The fourth-order valence-corrected chi connectivity index (χ4v) is 3.00. The van der Waals surface area contributed by atoms with Gasteiger partial charge in [0, 0.05) is 25.0 Å². The van der Waals surface area contributed by atoms with Gasteiger partial charge in [0.05, 0.1) is 12.0 Å². The first-order valence-corrected chi connectivity index (χ1v) is 7.40. The quantitative estimate of drug-likeness (QED) is 0.770. The number of nitrogens with zero attached hydrogens (tertiary/aromatic N) is 1. The summed E-state index contributed by atoms with van der Waals surface area (Å²) in [6.07, 6.45) is 4.92. The molecule has 0 radical (unpaired) electrons. The van der Waals surface area contributed by atoms with Crippen molar-refractivity contribution in [2.24, 2.45) is 11.8 Å². The smallest absolute Gasteiger partial charge is 0.225 e. The molecular weight excluding hydrogens is 244 g/mol. The maximum absolute atomic E-state index is 12.1. The van der Waals surface area contributed by atoms with Crippen molar-refractivity contribution in [1.29, 1.82) is 0 Å². The molecule has 1 saturated heterocycles. The predicted molar refractivity (Wildman–Crippen MR) is 69.2 cm³/mol. The summed E-state index contributed by atoms with van der Waals surface area (Å²) in [4.78, 5) is 26.0. The first-order chi connectivity index (χ1) is 9.13. The average Bonchev–Trinajstić information content (AvgIpc) is 3.20. The lowest BCUT2D eigenvalue weighted by atomic mass is 9.88. The summed E-state index contributed by atoms with van der Waals surface area (Å²) < 4.78 is 0. The van der Waals surface area contributed by atoms with Gasteiger partial charge in [-0.1, -0.05) is 0 Å². The molecule has 2 N–H and O–H groups in total. The van der Waals surface area contributed by atoms with Crippen molar-refractivity contribution in [2.75, 3.05) is 13.1 Å². The molecule has 2 saturated carbocycles. The van der Waals surface area contributed by atoms with Gasteiger partial charge in [-0.05, 0) is 38.5 Å². The summed E-state index contributed by atoms with van der Waals surface area (Å²) in [5, 5.41) is 12.2. The fraction of sp³-hybridized carbons (Fsp3) is 0.857. The largest absolute Gasteiger partial charge is 0.393 e. The molecule has 3 aliphatic rings. The van der Waals surface area contributed by atoms with Crippen LogP contribution < -0.4 is 5.32 Å². The van der Waals surface area contributed by atoms with E-state index in [2.05, 4.69) is 5.32 Å². The van der Waals surface area contributed by atoms with Crippen LogP contribution >= 0.6 is 0 Å². The number of likely N-dealkylation sites (tertiary alicyclic amines) is 1. The minimum atomic E-state index is -0.246. The third-order valence-corrected chi connectivity index (χ3v) is 4.49. The standard InChI is InChI=1S/C14H22N2O3/c17-12-6-11(7-12)15-13(18)10-2-1-5-16(8-10)14(19)9-3-4-9/h9-12,17H,1-8H2,(H,15,18). The highest BCUT2D eigenvalue weighted by atomic mass is 16.3. The Balaban J connectivity index is 1.49. The van der Waals surface area contributed by atoms with Crippen LogP contribution in [0.1, 0.15) is 38.5 Å². The highest BCUT2D eigenvalue weighted by Crippen LogP contribution is 2.32. The van der Waals surface area contributed by atoms with Gasteiger partial charge in [-0.25, -0.2) is 0 Å². The molecule has 1 atom stereocenters. The number of carbonyl (C=O) groups is 2. The fourth-order valence-electron chi connectivity index (χ4n) is 3.00. The van der Waals surface area contributed by atoms with Crippen LogP contribution in [-0.2, 0) is 9.59 Å². The summed E-state index contributed by atoms with van der Waals surface area (Å²) in [6.45, 7) is 1.39. The Morgan fingerprint density at radius 1 is 1.11 bits per heavy atom. The highest BCUT2D eigenvalue weighted by Gasteiger charge is 2.37. The zero-order valence-electron chi connectivity index (χ0n) is 11.2. The lowest BCUT2D eigenvalue weighted by molar-refractivity contribution is -0.137. The van der Waals surface area contributed by atoms with Crippen molar-refractivity contribution in [2.45, 2.75) is 50.7 Å². The molecule has 0 aromatic heterocycles. The van der Waals surface area contributed by atoms with Gasteiger partial charge in [-0.2, -0.15) is 0 Å². The first kappa shape index (κ1) is 12.9. The third kappa shape index (κ3) is 2.91. The van der Waals surface area contributed by atoms with Crippen LogP contribution in [0.15, 0.2) is 0 Å². The lowest BCUT2D eigenvalue weighted by Gasteiger charge is -2.36. The summed E-state index contributed by atoms with van der Waals surface area (Å²) in [5.41, 5.74) is 0. The second-order valence-electron chi connectivity index (χ2n) is 6.23.